The van der Waals surface area contributed by atoms with Crippen LogP contribution < -0.4 is 19.5 Å². The Bertz CT molecular complexity index is 821. The highest BCUT2D eigenvalue weighted by atomic mass is 79.9. The molecule has 0 fully saturated rings. The van der Waals surface area contributed by atoms with Crippen LogP contribution in [0.5, 0.6) is 17.2 Å². The van der Waals surface area contributed by atoms with Gasteiger partial charge in [0.15, 0.2) is 18.1 Å². The molecule has 0 atom stereocenters. The van der Waals surface area contributed by atoms with Crippen molar-refractivity contribution >= 4 is 27.5 Å². The fourth-order valence-corrected chi connectivity index (χ4v) is 3.55. The number of ether oxygens (including phenoxy) is 3. The number of hydrogen-bond acceptors (Lipinski definition) is 4. The van der Waals surface area contributed by atoms with Gasteiger partial charge in [0.25, 0.3) is 5.91 Å². The van der Waals surface area contributed by atoms with Crippen LogP contribution in [-0.2, 0) is 17.6 Å². The van der Waals surface area contributed by atoms with E-state index in [1.165, 1.54) is 17.5 Å². The first-order chi connectivity index (χ1) is 12.2. The number of amides is 1. The predicted octanol–water partition coefficient (Wildman–Crippen LogP) is 3.73. The molecule has 0 saturated heterocycles. The predicted molar refractivity (Wildman–Crippen MR) is 97.7 cm³/mol. The third kappa shape index (κ3) is 3.58. The van der Waals surface area contributed by atoms with Crippen molar-refractivity contribution in [2.75, 3.05) is 25.1 Å². The molecule has 5 nitrogen and oxygen atoms in total. The lowest BCUT2D eigenvalue weighted by Gasteiger charge is -2.20. The van der Waals surface area contributed by atoms with Crippen molar-refractivity contribution in [3.05, 3.63) is 45.9 Å². The van der Waals surface area contributed by atoms with E-state index in [2.05, 4.69) is 27.3 Å². The SMILES string of the molecule is O=C(COc1ccc2c(c1)CCC2)Nc1cc2c(cc1Br)OCCO2. The van der Waals surface area contributed by atoms with Crippen LogP contribution in [0.1, 0.15) is 17.5 Å². The van der Waals surface area contributed by atoms with Gasteiger partial charge in [-0.25, -0.2) is 0 Å². The second-order valence-electron chi connectivity index (χ2n) is 6.10. The van der Waals surface area contributed by atoms with E-state index >= 15 is 0 Å². The summed E-state index contributed by atoms with van der Waals surface area (Å²) in [6.07, 6.45) is 3.41. The maximum absolute atomic E-state index is 12.2. The van der Waals surface area contributed by atoms with Crippen LogP contribution in [-0.4, -0.2) is 25.7 Å². The minimum Gasteiger partial charge on any atom is -0.486 e. The zero-order valence-electron chi connectivity index (χ0n) is 13.6. The molecule has 1 aliphatic heterocycles. The molecule has 1 N–H and O–H groups in total. The van der Waals surface area contributed by atoms with Gasteiger partial charge in [-0.1, -0.05) is 6.07 Å². The lowest BCUT2D eigenvalue weighted by molar-refractivity contribution is -0.118. The number of anilines is 1. The molecule has 130 valence electrons. The standard InChI is InChI=1S/C19H18BrNO4/c20-15-9-17-18(24-7-6-23-17)10-16(15)21-19(22)11-25-14-5-4-12-2-1-3-13(12)8-14/h4-5,8-10H,1-3,6-7,11H2,(H,21,22). The highest BCUT2D eigenvalue weighted by Crippen LogP contribution is 2.38. The Labute approximate surface area is 154 Å². The topological polar surface area (TPSA) is 56.8 Å². The Kier molecular flexibility index (Phi) is 4.53. The molecule has 2 aromatic rings. The van der Waals surface area contributed by atoms with E-state index in [1.54, 1.807) is 12.1 Å². The molecule has 0 aromatic heterocycles. The first kappa shape index (κ1) is 16.3. The van der Waals surface area contributed by atoms with Crippen LogP contribution in [0.25, 0.3) is 0 Å². The van der Waals surface area contributed by atoms with Gasteiger partial charge < -0.3 is 19.5 Å². The number of aryl methyl sites for hydroxylation is 2. The van der Waals surface area contributed by atoms with E-state index in [0.29, 0.717) is 30.4 Å². The molecule has 0 bridgehead atoms. The van der Waals surface area contributed by atoms with E-state index in [0.717, 1.165) is 23.1 Å². The minimum atomic E-state index is -0.224. The number of hydrogen-bond donors (Lipinski definition) is 1. The summed E-state index contributed by atoms with van der Waals surface area (Å²) in [5.41, 5.74) is 3.34. The van der Waals surface area contributed by atoms with E-state index in [9.17, 15) is 4.79 Å². The number of halogens is 1. The fourth-order valence-electron chi connectivity index (χ4n) is 3.13. The van der Waals surface area contributed by atoms with Gasteiger partial charge in [0, 0.05) is 16.6 Å². The van der Waals surface area contributed by atoms with E-state index in [4.69, 9.17) is 14.2 Å². The molecule has 0 radical (unpaired) electrons. The van der Waals surface area contributed by atoms with Crippen LogP contribution in [0.2, 0.25) is 0 Å². The van der Waals surface area contributed by atoms with Crippen molar-refractivity contribution in [3.8, 4) is 17.2 Å². The lowest BCUT2D eigenvalue weighted by Crippen LogP contribution is -2.21. The highest BCUT2D eigenvalue weighted by Gasteiger charge is 2.17. The monoisotopic (exact) mass is 403 g/mol. The molecule has 2 aromatic carbocycles. The highest BCUT2D eigenvalue weighted by molar-refractivity contribution is 9.10. The maximum atomic E-state index is 12.2. The second kappa shape index (κ2) is 6.96. The Hall–Kier alpha value is -2.21. The second-order valence-corrected chi connectivity index (χ2v) is 6.95. The number of carbonyl (C=O) groups is 1. The van der Waals surface area contributed by atoms with Gasteiger partial charge in [-0.05, 0) is 58.5 Å². The summed E-state index contributed by atoms with van der Waals surface area (Å²) in [5.74, 6) is 1.81. The summed E-state index contributed by atoms with van der Waals surface area (Å²) in [7, 11) is 0. The van der Waals surface area contributed by atoms with Crippen molar-refractivity contribution < 1.29 is 19.0 Å². The average molecular weight is 404 g/mol. The third-order valence-corrected chi connectivity index (χ3v) is 5.00. The third-order valence-electron chi connectivity index (χ3n) is 4.35. The quantitative estimate of drug-likeness (QED) is 0.844. The van der Waals surface area contributed by atoms with Gasteiger partial charge in [-0.2, -0.15) is 0 Å². The largest absolute Gasteiger partial charge is 0.486 e. The van der Waals surface area contributed by atoms with Crippen molar-refractivity contribution in [3.63, 3.8) is 0 Å². The molecule has 6 heteroatoms. The van der Waals surface area contributed by atoms with Gasteiger partial charge in [0.1, 0.15) is 19.0 Å². The van der Waals surface area contributed by atoms with Crippen molar-refractivity contribution in [2.24, 2.45) is 0 Å². The minimum absolute atomic E-state index is 0.0420. The van der Waals surface area contributed by atoms with Crippen LogP contribution >= 0.6 is 15.9 Å². The van der Waals surface area contributed by atoms with Crippen LogP contribution in [0.3, 0.4) is 0 Å². The van der Waals surface area contributed by atoms with Gasteiger partial charge in [0.05, 0.1) is 5.69 Å². The fraction of sp³-hybridized carbons (Fsp3) is 0.316. The van der Waals surface area contributed by atoms with Gasteiger partial charge >= 0.3 is 0 Å². The molecule has 0 saturated carbocycles. The number of rotatable bonds is 4. The lowest BCUT2D eigenvalue weighted by atomic mass is 10.1. The summed E-state index contributed by atoms with van der Waals surface area (Å²) in [5, 5.41) is 2.84. The van der Waals surface area contributed by atoms with Gasteiger partial charge in [-0.3, -0.25) is 4.79 Å². The van der Waals surface area contributed by atoms with Crippen LogP contribution in [0.15, 0.2) is 34.8 Å². The zero-order valence-corrected chi connectivity index (χ0v) is 15.2. The molecule has 25 heavy (non-hydrogen) atoms. The normalized spacial score (nSPS) is 14.8. The summed E-state index contributed by atoms with van der Waals surface area (Å²) in [4.78, 5) is 12.2. The molecule has 2 aliphatic rings. The molecule has 1 aliphatic carbocycles. The molecular formula is C19H18BrNO4. The summed E-state index contributed by atoms with van der Waals surface area (Å²) in [6.45, 7) is 0.989. The van der Waals surface area contributed by atoms with Gasteiger partial charge in [-0.15, -0.1) is 0 Å². The van der Waals surface area contributed by atoms with Crippen molar-refractivity contribution in [1.82, 2.24) is 0 Å². The number of nitrogens with one attached hydrogen (secondary N) is 1. The maximum Gasteiger partial charge on any atom is 0.262 e. The van der Waals surface area contributed by atoms with E-state index in [1.807, 2.05) is 12.1 Å². The molecule has 0 unspecified atom stereocenters. The average Bonchev–Trinajstić information content (AvgIpc) is 3.08. The summed E-state index contributed by atoms with van der Waals surface area (Å²) < 4.78 is 17.4. The van der Waals surface area contributed by atoms with Gasteiger partial charge in [0.2, 0.25) is 0 Å². The summed E-state index contributed by atoms with van der Waals surface area (Å²) >= 11 is 3.44. The number of fused-ring (bicyclic) bond motifs is 2. The summed E-state index contributed by atoms with van der Waals surface area (Å²) in [6, 6.07) is 9.61. The van der Waals surface area contributed by atoms with E-state index < -0.39 is 0 Å². The van der Waals surface area contributed by atoms with Crippen molar-refractivity contribution in [2.45, 2.75) is 19.3 Å². The Morgan fingerprint density at radius 3 is 2.68 bits per heavy atom. The molecule has 1 heterocycles. The van der Waals surface area contributed by atoms with Crippen LogP contribution in [0, 0.1) is 0 Å². The first-order valence-corrected chi connectivity index (χ1v) is 9.12. The smallest absolute Gasteiger partial charge is 0.262 e. The first-order valence-electron chi connectivity index (χ1n) is 8.32. The van der Waals surface area contributed by atoms with Crippen molar-refractivity contribution in [1.29, 1.82) is 0 Å². The zero-order chi connectivity index (χ0) is 17.2. The number of benzene rings is 2. The Morgan fingerprint density at radius 2 is 1.84 bits per heavy atom. The Morgan fingerprint density at radius 1 is 1.08 bits per heavy atom. The molecule has 0 spiro atoms. The Balaban J connectivity index is 1.39. The van der Waals surface area contributed by atoms with Crippen LogP contribution in [0.4, 0.5) is 5.69 Å². The molecular weight excluding hydrogens is 386 g/mol. The molecule has 1 amide bonds. The number of carbonyl (C=O) groups excluding carboxylic acids is 1. The van der Waals surface area contributed by atoms with E-state index in [-0.39, 0.29) is 12.5 Å². The molecule has 4 rings (SSSR count).